The number of benzene rings is 12. The van der Waals surface area contributed by atoms with Crippen molar-refractivity contribution in [3.63, 3.8) is 0 Å². The van der Waals surface area contributed by atoms with Gasteiger partial charge in [0.15, 0.2) is 34.9 Å². The fourth-order valence-electron chi connectivity index (χ4n) is 10.7. The molecule has 0 radical (unpaired) electrons. The minimum Gasteiger partial charge on any atom is -0.208 e. The quantitative estimate of drug-likeness (QED) is 0.141. The van der Waals surface area contributed by atoms with E-state index in [4.69, 9.17) is 29.9 Å². The highest BCUT2D eigenvalue weighted by Crippen LogP contribution is 2.46. The molecule has 6 heteroatoms. The van der Waals surface area contributed by atoms with E-state index in [9.17, 15) is 0 Å². The van der Waals surface area contributed by atoms with Crippen molar-refractivity contribution >= 4 is 53.9 Å². The van der Waals surface area contributed by atoms with Gasteiger partial charge in [-0.3, -0.25) is 0 Å². The number of hydrogen-bond acceptors (Lipinski definition) is 6. The van der Waals surface area contributed by atoms with Crippen molar-refractivity contribution < 1.29 is 0 Å². The summed E-state index contributed by atoms with van der Waals surface area (Å²) < 4.78 is 0. The van der Waals surface area contributed by atoms with Gasteiger partial charge >= 0.3 is 0 Å². The van der Waals surface area contributed by atoms with E-state index in [0.29, 0.717) is 34.9 Å². The molecule has 0 unspecified atom stereocenters. The Morgan fingerprint density at radius 3 is 0.662 bits per heavy atom. The van der Waals surface area contributed by atoms with E-state index in [0.717, 1.165) is 77.2 Å². The van der Waals surface area contributed by atoms with Crippen LogP contribution in [0.2, 0.25) is 0 Å². The van der Waals surface area contributed by atoms with Crippen LogP contribution in [0.25, 0.3) is 144 Å². The van der Waals surface area contributed by atoms with Crippen LogP contribution in [-0.2, 0) is 0 Å². The number of fused-ring (bicyclic) bond motifs is 7. The number of aromatic nitrogens is 6. The first-order valence-corrected chi connectivity index (χ1v) is 24.9. The maximum Gasteiger partial charge on any atom is 0.164 e. The zero-order chi connectivity index (χ0) is 49.0. The third-order valence-corrected chi connectivity index (χ3v) is 14.2. The highest BCUT2D eigenvalue weighted by atomic mass is 15.0. The van der Waals surface area contributed by atoms with E-state index in [1.165, 1.54) is 32.3 Å². The Morgan fingerprint density at radius 2 is 0.365 bits per heavy atom. The summed E-state index contributed by atoms with van der Waals surface area (Å²) in [5, 5.41) is 11.5. The molecule has 0 aliphatic carbocycles. The SMILES string of the molecule is c1ccc(-c2nc(-c3ccccc3)nc(-c3ccc(-c4cc5c6ccccc6c(-c6ccc(-c7nc(-c8ccccc8)nc(-c8ccccc8)n7)c7ccccc67)cc5c5ccccc45)c4ccccc34)n2)cc1. The Balaban J connectivity index is 0.945. The fourth-order valence-corrected chi connectivity index (χ4v) is 10.7. The maximum atomic E-state index is 5.15. The van der Waals surface area contributed by atoms with Crippen LogP contribution in [-0.4, -0.2) is 29.9 Å². The minimum absolute atomic E-state index is 0.630. The molecule has 0 spiro atoms. The van der Waals surface area contributed by atoms with Crippen LogP contribution in [0.4, 0.5) is 0 Å². The van der Waals surface area contributed by atoms with Gasteiger partial charge in [-0.1, -0.05) is 231 Å². The average Bonchev–Trinajstić information content (AvgIpc) is 3.50. The van der Waals surface area contributed by atoms with Crippen LogP contribution in [0.3, 0.4) is 0 Å². The Kier molecular flexibility index (Phi) is 10.4. The molecule has 14 rings (SSSR count). The third kappa shape index (κ3) is 7.44. The largest absolute Gasteiger partial charge is 0.208 e. The monoisotopic (exact) mass is 942 g/mol. The molecule has 2 aromatic heterocycles. The molecular weight excluding hydrogens is 901 g/mol. The molecule has 0 amide bonds. The van der Waals surface area contributed by atoms with Gasteiger partial charge in [-0.05, 0) is 100 Å². The van der Waals surface area contributed by atoms with Gasteiger partial charge in [0.05, 0.1) is 0 Å². The standard InChI is InChI=1S/C68H42N6/c1-5-21-43(22-6-1)63-69-64(44-23-7-2-8-24-44)72-67(71-63)57-39-37-55(47-29-13-15-31-49(47)57)59-41-61-54-36-20-18-34-52(54)60(42-62(61)53-35-19-17-33-51(53)59)56-38-40-58(50-32-16-14-30-48(50)56)68-73-65(45-25-9-3-10-26-45)70-66(74-68)46-27-11-4-12-28-46/h1-42H. The second-order valence-corrected chi connectivity index (χ2v) is 18.5. The zero-order valence-electron chi connectivity index (χ0n) is 39.9. The van der Waals surface area contributed by atoms with E-state index in [1.807, 2.05) is 121 Å². The summed E-state index contributed by atoms with van der Waals surface area (Å²) in [7, 11) is 0. The van der Waals surface area contributed by atoms with Crippen LogP contribution < -0.4 is 0 Å². The summed E-state index contributed by atoms with van der Waals surface area (Å²) in [6, 6.07) is 89.2. The molecule has 12 aromatic carbocycles. The van der Waals surface area contributed by atoms with Gasteiger partial charge in [-0.2, -0.15) is 0 Å². The van der Waals surface area contributed by atoms with Crippen molar-refractivity contribution in [2.24, 2.45) is 0 Å². The summed E-state index contributed by atoms with van der Waals surface area (Å²) in [4.78, 5) is 30.6. The van der Waals surface area contributed by atoms with Crippen molar-refractivity contribution in [3.05, 3.63) is 255 Å². The predicted octanol–water partition coefficient (Wildman–Crippen LogP) is 17.2. The molecule has 0 aliphatic heterocycles. The first-order valence-electron chi connectivity index (χ1n) is 24.9. The van der Waals surface area contributed by atoms with Gasteiger partial charge in [-0.15, -0.1) is 0 Å². The molecule has 0 aliphatic rings. The van der Waals surface area contributed by atoms with Crippen molar-refractivity contribution in [2.75, 3.05) is 0 Å². The lowest BCUT2D eigenvalue weighted by Gasteiger charge is -2.19. The third-order valence-electron chi connectivity index (χ3n) is 14.2. The Hall–Kier alpha value is -10.0. The van der Waals surface area contributed by atoms with Crippen LogP contribution >= 0.6 is 0 Å². The summed E-state index contributed by atoms with van der Waals surface area (Å²) >= 11 is 0. The molecule has 6 nitrogen and oxygen atoms in total. The smallest absolute Gasteiger partial charge is 0.164 e. The Labute approximate surface area is 427 Å². The first-order chi connectivity index (χ1) is 36.7. The fraction of sp³-hybridized carbons (Fsp3) is 0. The number of hydrogen-bond donors (Lipinski definition) is 0. The summed E-state index contributed by atoms with van der Waals surface area (Å²) in [5.74, 6) is 3.80. The second kappa shape index (κ2) is 18.0. The van der Waals surface area contributed by atoms with Crippen LogP contribution in [0.15, 0.2) is 255 Å². The zero-order valence-corrected chi connectivity index (χ0v) is 39.9. The van der Waals surface area contributed by atoms with Gasteiger partial charge in [0.25, 0.3) is 0 Å². The lowest BCUT2D eigenvalue weighted by Crippen LogP contribution is -2.00. The molecule has 2 heterocycles. The van der Waals surface area contributed by atoms with Crippen LogP contribution in [0, 0.1) is 0 Å². The summed E-state index contributed by atoms with van der Waals surface area (Å²) in [6.07, 6.45) is 0. The predicted molar refractivity (Wildman–Crippen MR) is 304 cm³/mol. The van der Waals surface area contributed by atoms with Crippen LogP contribution in [0.5, 0.6) is 0 Å². The number of rotatable bonds is 8. The van der Waals surface area contributed by atoms with Crippen LogP contribution in [0.1, 0.15) is 0 Å². The molecule has 14 aromatic rings. The van der Waals surface area contributed by atoms with Crippen molar-refractivity contribution in [1.82, 2.24) is 29.9 Å². The Morgan fingerprint density at radius 1 is 0.149 bits per heavy atom. The van der Waals surface area contributed by atoms with Crippen molar-refractivity contribution in [2.45, 2.75) is 0 Å². The second-order valence-electron chi connectivity index (χ2n) is 18.5. The lowest BCUT2D eigenvalue weighted by molar-refractivity contribution is 1.08. The molecule has 74 heavy (non-hydrogen) atoms. The molecule has 344 valence electrons. The maximum absolute atomic E-state index is 5.15. The van der Waals surface area contributed by atoms with Gasteiger partial charge in [0.2, 0.25) is 0 Å². The van der Waals surface area contributed by atoms with Gasteiger partial charge in [0.1, 0.15) is 0 Å². The lowest BCUT2D eigenvalue weighted by atomic mass is 9.85. The topological polar surface area (TPSA) is 77.3 Å². The van der Waals surface area contributed by atoms with E-state index in [1.54, 1.807) is 0 Å². The van der Waals surface area contributed by atoms with Crippen molar-refractivity contribution in [3.8, 4) is 90.6 Å². The summed E-state index contributed by atoms with van der Waals surface area (Å²) in [5.41, 5.74) is 10.3. The minimum atomic E-state index is 0.630. The van der Waals surface area contributed by atoms with E-state index >= 15 is 0 Å². The molecule has 0 bridgehead atoms. The molecular formula is C68H42N6. The Bertz CT molecular complexity index is 4060. The molecule has 0 atom stereocenters. The first kappa shape index (κ1) is 42.8. The van der Waals surface area contributed by atoms with E-state index < -0.39 is 0 Å². The van der Waals surface area contributed by atoms with Gasteiger partial charge in [0, 0.05) is 33.4 Å². The van der Waals surface area contributed by atoms with Crippen molar-refractivity contribution in [1.29, 1.82) is 0 Å². The average molecular weight is 943 g/mol. The van der Waals surface area contributed by atoms with Gasteiger partial charge in [-0.25, -0.2) is 29.9 Å². The number of nitrogens with zero attached hydrogens (tertiary/aromatic N) is 6. The summed E-state index contributed by atoms with van der Waals surface area (Å²) in [6.45, 7) is 0. The highest BCUT2D eigenvalue weighted by molar-refractivity contribution is 6.26. The van der Waals surface area contributed by atoms with Gasteiger partial charge < -0.3 is 0 Å². The normalized spacial score (nSPS) is 11.5. The molecule has 0 saturated heterocycles. The highest BCUT2D eigenvalue weighted by Gasteiger charge is 2.21. The molecule has 0 N–H and O–H groups in total. The molecule has 0 saturated carbocycles. The molecule has 0 fully saturated rings. The van der Waals surface area contributed by atoms with E-state index in [2.05, 4.69) is 133 Å². The van der Waals surface area contributed by atoms with E-state index in [-0.39, 0.29) is 0 Å².